The fourth-order valence-corrected chi connectivity index (χ4v) is 4.60. The molecule has 1 heterocycles. The Kier molecular flexibility index (Phi) is 4.31. The smallest absolute Gasteiger partial charge is 0.318 e. The molecule has 2 atom stereocenters. The Labute approximate surface area is 136 Å². The lowest BCUT2D eigenvalue weighted by Gasteiger charge is -2.16. The Morgan fingerprint density at radius 1 is 1.22 bits per heavy atom. The third-order valence-electron chi connectivity index (χ3n) is 4.58. The van der Waals surface area contributed by atoms with Gasteiger partial charge in [-0.15, -0.1) is 0 Å². The number of carbonyl (C=O) groups excluding carboxylic acids is 1. The van der Waals surface area contributed by atoms with E-state index in [-0.39, 0.29) is 22.9 Å². The molecule has 8 heteroatoms. The zero-order chi connectivity index (χ0) is 16.6. The number of benzene rings is 1. The highest BCUT2D eigenvalue weighted by Crippen LogP contribution is 2.41. The number of carbonyl (C=O) groups is 1. The van der Waals surface area contributed by atoms with E-state index in [0.717, 1.165) is 12.8 Å². The number of nitrogens with zero attached hydrogens (tertiary/aromatic N) is 1. The minimum Gasteiger partial charge on any atom is -0.341 e. The lowest BCUT2D eigenvalue weighted by Crippen LogP contribution is -2.32. The first-order chi connectivity index (χ1) is 10.9. The monoisotopic (exact) mass is 338 g/mol. The number of hydrogen-bond donors (Lipinski definition) is 3. The van der Waals surface area contributed by atoms with Gasteiger partial charge in [-0.2, -0.15) is 4.31 Å². The summed E-state index contributed by atoms with van der Waals surface area (Å²) < 4.78 is 26.9. The minimum atomic E-state index is -3.54. The van der Waals surface area contributed by atoms with E-state index in [1.165, 1.54) is 23.5 Å². The summed E-state index contributed by atoms with van der Waals surface area (Å²) >= 11 is 0. The van der Waals surface area contributed by atoms with E-state index in [0.29, 0.717) is 24.7 Å². The molecule has 0 unspecified atom stereocenters. The average molecular weight is 338 g/mol. The fraction of sp³-hybridized carbons (Fsp3) is 0.533. The van der Waals surface area contributed by atoms with E-state index >= 15 is 0 Å². The number of anilines is 1. The van der Waals surface area contributed by atoms with Crippen LogP contribution in [-0.4, -0.2) is 44.9 Å². The van der Waals surface area contributed by atoms with Crippen LogP contribution in [0, 0.1) is 11.8 Å². The summed E-state index contributed by atoms with van der Waals surface area (Å²) in [7, 11) is -2.02. The van der Waals surface area contributed by atoms with Crippen molar-refractivity contribution >= 4 is 21.7 Å². The van der Waals surface area contributed by atoms with Gasteiger partial charge in [0, 0.05) is 31.9 Å². The van der Waals surface area contributed by atoms with Gasteiger partial charge in [-0.25, -0.2) is 13.2 Å². The van der Waals surface area contributed by atoms with Crippen LogP contribution in [0.5, 0.6) is 0 Å². The van der Waals surface area contributed by atoms with Crippen LogP contribution in [0.3, 0.4) is 0 Å². The van der Waals surface area contributed by atoms with Gasteiger partial charge in [0.05, 0.1) is 4.90 Å². The Morgan fingerprint density at radius 2 is 1.87 bits per heavy atom. The summed E-state index contributed by atoms with van der Waals surface area (Å²) in [6.07, 6.45) is 2.32. The van der Waals surface area contributed by atoms with E-state index in [1.807, 2.05) is 0 Å². The van der Waals surface area contributed by atoms with E-state index in [4.69, 9.17) is 5.73 Å². The molecular formula is C15H22N4O3S. The third kappa shape index (κ3) is 3.34. The van der Waals surface area contributed by atoms with Crippen LogP contribution in [0.4, 0.5) is 10.5 Å². The van der Waals surface area contributed by atoms with Crippen molar-refractivity contribution in [3.05, 3.63) is 24.3 Å². The number of nitrogens with two attached hydrogens (primary N) is 1. The summed E-state index contributed by atoms with van der Waals surface area (Å²) in [5.74, 6) is 0.864. The van der Waals surface area contributed by atoms with Gasteiger partial charge in [0.15, 0.2) is 0 Å². The first-order valence-corrected chi connectivity index (χ1v) is 9.20. The number of nitrogens with one attached hydrogen (secondary N) is 2. The van der Waals surface area contributed by atoms with Crippen molar-refractivity contribution in [3.63, 3.8) is 0 Å². The van der Waals surface area contributed by atoms with Crippen molar-refractivity contribution in [1.29, 1.82) is 0 Å². The summed E-state index contributed by atoms with van der Waals surface area (Å²) in [4.78, 5) is 11.5. The standard InChI is InChI=1S/C15H22N4O3S/c1-17-15(20)18-11-4-6-12(7-5-11)23(21,22)19-8-13(10-2-3-10)14(16)9-19/h4-7,10,13-14H,2-3,8-9,16H2,1H3,(H2,17,18,20)/t13-,14+/m1/s1. The van der Waals surface area contributed by atoms with Gasteiger partial charge < -0.3 is 16.4 Å². The fourth-order valence-electron chi connectivity index (χ4n) is 3.09. The highest BCUT2D eigenvalue weighted by atomic mass is 32.2. The summed E-state index contributed by atoms with van der Waals surface area (Å²) in [6, 6.07) is 5.75. The van der Waals surface area contributed by atoms with Crippen LogP contribution in [0.2, 0.25) is 0 Å². The molecule has 0 radical (unpaired) electrons. The molecule has 3 rings (SSSR count). The predicted octanol–water partition coefficient (Wildman–Crippen LogP) is 0.796. The van der Waals surface area contributed by atoms with Crippen LogP contribution < -0.4 is 16.4 Å². The number of urea groups is 1. The molecule has 0 spiro atoms. The Balaban J connectivity index is 1.73. The second-order valence-electron chi connectivity index (χ2n) is 6.22. The number of amides is 2. The van der Waals surface area contributed by atoms with Gasteiger partial charge >= 0.3 is 6.03 Å². The summed E-state index contributed by atoms with van der Waals surface area (Å²) in [5, 5.41) is 5.04. The van der Waals surface area contributed by atoms with Crippen molar-refractivity contribution in [2.24, 2.45) is 17.6 Å². The number of rotatable bonds is 4. The van der Waals surface area contributed by atoms with Gasteiger partial charge in [0.1, 0.15) is 0 Å². The maximum absolute atomic E-state index is 12.7. The topological polar surface area (TPSA) is 105 Å². The molecule has 1 aliphatic carbocycles. The lowest BCUT2D eigenvalue weighted by atomic mass is 9.99. The Bertz CT molecular complexity index is 685. The van der Waals surface area contributed by atoms with Gasteiger partial charge in [-0.3, -0.25) is 0 Å². The lowest BCUT2D eigenvalue weighted by molar-refractivity contribution is 0.254. The van der Waals surface area contributed by atoms with E-state index in [9.17, 15) is 13.2 Å². The molecular weight excluding hydrogens is 316 g/mol. The minimum absolute atomic E-state index is 0.0773. The van der Waals surface area contributed by atoms with Gasteiger partial charge in [-0.05, 0) is 48.9 Å². The first kappa shape index (κ1) is 16.2. The third-order valence-corrected chi connectivity index (χ3v) is 6.43. The molecule has 0 bridgehead atoms. The highest BCUT2D eigenvalue weighted by Gasteiger charge is 2.44. The molecule has 1 saturated heterocycles. The zero-order valence-corrected chi connectivity index (χ0v) is 13.8. The molecule has 1 aromatic rings. The Hall–Kier alpha value is -1.64. The molecule has 1 aromatic carbocycles. The largest absolute Gasteiger partial charge is 0.341 e. The van der Waals surface area contributed by atoms with Crippen molar-refractivity contribution in [2.75, 3.05) is 25.5 Å². The van der Waals surface area contributed by atoms with Gasteiger partial charge in [0.25, 0.3) is 0 Å². The molecule has 2 fully saturated rings. The maximum Gasteiger partial charge on any atom is 0.318 e. The summed E-state index contributed by atoms with van der Waals surface area (Å²) in [5.41, 5.74) is 6.66. The first-order valence-electron chi connectivity index (χ1n) is 7.76. The number of sulfonamides is 1. The molecule has 0 aromatic heterocycles. The maximum atomic E-state index is 12.7. The molecule has 126 valence electrons. The summed E-state index contributed by atoms with van der Waals surface area (Å²) in [6.45, 7) is 0.883. The molecule has 4 N–H and O–H groups in total. The second kappa shape index (κ2) is 6.10. The molecule has 7 nitrogen and oxygen atoms in total. The molecule has 23 heavy (non-hydrogen) atoms. The van der Waals surface area contributed by atoms with Crippen molar-refractivity contribution in [3.8, 4) is 0 Å². The molecule has 1 aliphatic heterocycles. The van der Waals surface area contributed by atoms with Crippen LogP contribution >= 0.6 is 0 Å². The van der Waals surface area contributed by atoms with Crippen LogP contribution in [0.25, 0.3) is 0 Å². The van der Waals surface area contributed by atoms with Crippen molar-refractivity contribution in [1.82, 2.24) is 9.62 Å². The normalized spacial score (nSPS) is 25.3. The van der Waals surface area contributed by atoms with Crippen LogP contribution in [0.15, 0.2) is 29.2 Å². The quantitative estimate of drug-likeness (QED) is 0.755. The van der Waals surface area contributed by atoms with E-state index in [1.54, 1.807) is 12.1 Å². The molecule has 2 aliphatic rings. The van der Waals surface area contributed by atoms with Gasteiger partial charge in [-0.1, -0.05) is 0 Å². The predicted molar refractivity (Wildman–Crippen MR) is 87.5 cm³/mol. The van der Waals surface area contributed by atoms with Crippen LogP contribution in [0.1, 0.15) is 12.8 Å². The van der Waals surface area contributed by atoms with E-state index in [2.05, 4.69) is 10.6 Å². The van der Waals surface area contributed by atoms with Crippen LogP contribution in [-0.2, 0) is 10.0 Å². The molecule has 1 saturated carbocycles. The Morgan fingerprint density at radius 3 is 2.43 bits per heavy atom. The van der Waals surface area contributed by atoms with Crippen molar-refractivity contribution < 1.29 is 13.2 Å². The highest BCUT2D eigenvalue weighted by molar-refractivity contribution is 7.89. The number of hydrogen-bond acceptors (Lipinski definition) is 4. The SMILES string of the molecule is CNC(=O)Nc1ccc(S(=O)(=O)N2C[C@H](C3CC3)[C@@H](N)C2)cc1. The van der Waals surface area contributed by atoms with Gasteiger partial charge in [0.2, 0.25) is 10.0 Å². The second-order valence-corrected chi connectivity index (χ2v) is 8.15. The molecule has 2 amide bonds. The zero-order valence-electron chi connectivity index (χ0n) is 13.0. The van der Waals surface area contributed by atoms with Crippen molar-refractivity contribution in [2.45, 2.75) is 23.8 Å². The average Bonchev–Trinajstić information content (AvgIpc) is 3.29. The van der Waals surface area contributed by atoms with E-state index < -0.39 is 10.0 Å².